The Hall–Kier alpha value is 0.168. The van der Waals surface area contributed by atoms with Gasteiger partial charge < -0.3 is 22.3 Å². The third-order valence-corrected chi connectivity index (χ3v) is 0.655. The summed E-state index contributed by atoms with van der Waals surface area (Å²) in [5.41, 5.74) is 0. The molecular formula is C8H15Pt-3. The molecule has 0 saturated heterocycles. The minimum absolute atomic E-state index is 0. The molecule has 0 N–H and O–H groups in total. The van der Waals surface area contributed by atoms with Gasteiger partial charge in [0.1, 0.15) is 0 Å². The SMILES string of the molecule is C1=CCC=C1.[CH3-].[CH3-].[CH3-].[Pt]. The van der Waals surface area contributed by atoms with Gasteiger partial charge in [-0.15, -0.1) is 0 Å². The van der Waals surface area contributed by atoms with E-state index >= 15 is 0 Å². The Morgan fingerprint density at radius 2 is 1.11 bits per heavy atom. The summed E-state index contributed by atoms with van der Waals surface area (Å²) in [4.78, 5) is 0. The van der Waals surface area contributed by atoms with Gasteiger partial charge in [-0.1, -0.05) is 24.3 Å². The summed E-state index contributed by atoms with van der Waals surface area (Å²) in [6.07, 6.45) is 9.50. The molecule has 0 aromatic heterocycles. The quantitative estimate of drug-likeness (QED) is 0.604. The first-order valence-electron chi connectivity index (χ1n) is 1.82. The van der Waals surface area contributed by atoms with Crippen molar-refractivity contribution in [1.29, 1.82) is 0 Å². The summed E-state index contributed by atoms with van der Waals surface area (Å²) in [6.45, 7) is 0. The number of hydrogen-bond donors (Lipinski definition) is 0. The van der Waals surface area contributed by atoms with E-state index in [4.69, 9.17) is 0 Å². The summed E-state index contributed by atoms with van der Waals surface area (Å²) in [6, 6.07) is 0. The van der Waals surface area contributed by atoms with E-state index in [0.717, 1.165) is 6.42 Å². The van der Waals surface area contributed by atoms with E-state index in [1.807, 2.05) is 0 Å². The molecule has 0 radical (unpaired) electrons. The third-order valence-electron chi connectivity index (χ3n) is 0.655. The van der Waals surface area contributed by atoms with E-state index < -0.39 is 0 Å². The van der Waals surface area contributed by atoms with Crippen molar-refractivity contribution >= 4 is 0 Å². The average Bonchev–Trinajstić information content (AvgIpc) is 1.76. The molecule has 0 spiro atoms. The van der Waals surface area contributed by atoms with E-state index in [0.29, 0.717) is 0 Å². The molecule has 0 aromatic carbocycles. The fraction of sp³-hybridized carbons (Fsp3) is 0.125. The van der Waals surface area contributed by atoms with Crippen molar-refractivity contribution in [3.05, 3.63) is 46.6 Å². The molecule has 0 aromatic rings. The Morgan fingerprint density at radius 3 is 1.22 bits per heavy atom. The summed E-state index contributed by atoms with van der Waals surface area (Å²) in [7, 11) is 0. The van der Waals surface area contributed by atoms with Crippen LogP contribution in [0.15, 0.2) is 24.3 Å². The van der Waals surface area contributed by atoms with Crippen LogP contribution < -0.4 is 0 Å². The third kappa shape index (κ3) is 11.6. The molecule has 0 aliphatic heterocycles. The van der Waals surface area contributed by atoms with Crippen molar-refractivity contribution in [2.24, 2.45) is 0 Å². The summed E-state index contributed by atoms with van der Waals surface area (Å²) in [5, 5.41) is 0. The van der Waals surface area contributed by atoms with E-state index in [1.54, 1.807) is 0 Å². The van der Waals surface area contributed by atoms with Crippen LogP contribution in [0.4, 0.5) is 0 Å². The van der Waals surface area contributed by atoms with Crippen LogP contribution >= 0.6 is 0 Å². The zero-order valence-electron chi connectivity index (χ0n) is 6.33. The molecule has 60 valence electrons. The molecule has 1 aliphatic rings. The van der Waals surface area contributed by atoms with Gasteiger partial charge in [0.25, 0.3) is 0 Å². The van der Waals surface area contributed by atoms with Gasteiger partial charge in [-0.3, -0.25) is 0 Å². The monoisotopic (exact) mass is 306 g/mol. The van der Waals surface area contributed by atoms with Gasteiger partial charge in [0.05, 0.1) is 0 Å². The van der Waals surface area contributed by atoms with Crippen LogP contribution in [0, 0.1) is 22.3 Å². The first-order valence-corrected chi connectivity index (χ1v) is 1.82. The predicted molar refractivity (Wildman–Crippen MR) is 42.1 cm³/mol. The van der Waals surface area contributed by atoms with E-state index in [9.17, 15) is 0 Å². The maximum atomic E-state index is 2.12. The first kappa shape index (κ1) is 22.9. The number of allylic oxidation sites excluding steroid dienone is 4. The Bertz CT molecular complexity index is 62.6. The van der Waals surface area contributed by atoms with E-state index in [2.05, 4.69) is 24.3 Å². The van der Waals surface area contributed by atoms with Crippen LogP contribution in [0.2, 0.25) is 0 Å². The van der Waals surface area contributed by atoms with Crippen LogP contribution in [0.5, 0.6) is 0 Å². The van der Waals surface area contributed by atoms with Gasteiger partial charge in [0.2, 0.25) is 0 Å². The fourth-order valence-corrected chi connectivity index (χ4v) is 0.393. The minimum Gasteiger partial charge on any atom is -0.358 e. The van der Waals surface area contributed by atoms with Gasteiger partial charge in [-0.25, -0.2) is 0 Å². The molecule has 0 fully saturated rings. The normalized spacial score (nSPS) is 9.78. The summed E-state index contributed by atoms with van der Waals surface area (Å²) in [5.74, 6) is 0. The van der Waals surface area contributed by atoms with Gasteiger partial charge in [0, 0.05) is 21.1 Å². The van der Waals surface area contributed by atoms with Crippen molar-refractivity contribution in [3.8, 4) is 0 Å². The molecule has 0 unspecified atom stereocenters. The van der Waals surface area contributed by atoms with E-state index in [1.165, 1.54) is 0 Å². The number of rotatable bonds is 0. The second kappa shape index (κ2) is 15.7. The molecule has 0 bridgehead atoms. The zero-order chi connectivity index (χ0) is 3.54. The molecule has 0 amide bonds. The molecule has 9 heavy (non-hydrogen) atoms. The van der Waals surface area contributed by atoms with Crippen molar-refractivity contribution in [2.45, 2.75) is 6.42 Å². The van der Waals surface area contributed by atoms with Gasteiger partial charge in [-0.05, 0) is 6.42 Å². The van der Waals surface area contributed by atoms with Crippen molar-refractivity contribution in [2.75, 3.05) is 0 Å². The second-order valence-corrected chi connectivity index (χ2v) is 1.09. The largest absolute Gasteiger partial charge is 0.358 e. The molecule has 1 rings (SSSR count). The number of hydrogen-bond acceptors (Lipinski definition) is 0. The van der Waals surface area contributed by atoms with Crippen molar-refractivity contribution in [1.82, 2.24) is 0 Å². The van der Waals surface area contributed by atoms with Gasteiger partial charge >= 0.3 is 0 Å². The maximum absolute atomic E-state index is 2.12. The van der Waals surface area contributed by atoms with Crippen LogP contribution in [-0.4, -0.2) is 0 Å². The Morgan fingerprint density at radius 1 is 0.778 bits per heavy atom. The van der Waals surface area contributed by atoms with Crippen LogP contribution in [0.25, 0.3) is 0 Å². The van der Waals surface area contributed by atoms with Gasteiger partial charge in [0.15, 0.2) is 0 Å². The molecule has 1 heteroatoms. The minimum atomic E-state index is 0. The van der Waals surface area contributed by atoms with E-state index in [-0.39, 0.29) is 43.3 Å². The zero-order valence-corrected chi connectivity index (χ0v) is 8.60. The summed E-state index contributed by atoms with van der Waals surface area (Å²) >= 11 is 0. The maximum Gasteiger partial charge on any atom is 0 e. The predicted octanol–water partition coefficient (Wildman–Crippen LogP) is 2.85. The van der Waals surface area contributed by atoms with Gasteiger partial charge in [-0.2, -0.15) is 0 Å². The smallest absolute Gasteiger partial charge is 0 e. The van der Waals surface area contributed by atoms with Crippen molar-refractivity contribution < 1.29 is 21.1 Å². The molecule has 0 heterocycles. The standard InChI is InChI=1S/C5H6.3CH3.Pt/c1-2-4-5-3-1;;;;/h1-4H,5H2;3*1H3;/q;3*-1;. The molecule has 1 aliphatic carbocycles. The average molecular weight is 306 g/mol. The Kier molecular flexibility index (Phi) is 40.0. The van der Waals surface area contributed by atoms with Crippen LogP contribution in [-0.2, 0) is 21.1 Å². The molecule has 0 atom stereocenters. The second-order valence-electron chi connectivity index (χ2n) is 1.09. The molecular weight excluding hydrogens is 291 g/mol. The topological polar surface area (TPSA) is 0 Å². The Labute approximate surface area is 74.3 Å². The summed E-state index contributed by atoms with van der Waals surface area (Å²) < 4.78 is 0. The Balaban J connectivity index is -0.0000000312. The van der Waals surface area contributed by atoms with Crippen LogP contribution in [0.1, 0.15) is 6.42 Å². The molecule has 0 saturated carbocycles. The fourth-order valence-electron chi connectivity index (χ4n) is 0.393. The van der Waals surface area contributed by atoms with Crippen LogP contribution in [0.3, 0.4) is 0 Å². The first-order chi connectivity index (χ1) is 2.50. The molecule has 0 nitrogen and oxygen atoms in total. The van der Waals surface area contributed by atoms with Crippen molar-refractivity contribution in [3.63, 3.8) is 0 Å².